The normalized spacial score (nSPS) is 33.1. The van der Waals surface area contributed by atoms with E-state index >= 15 is 0 Å². The number of hydrogen-bond donors (Lipinski definition) is 1. The third-order valence-corrected chi connectivity index (χ3v) is 5.72. The molecule has 0 amide bonds. The molecule has 0 saturated heterocycles. The molecule has 2 saturated carbocycles. The molecule has 0 radical (unpaired) electrons. The van der Waals surface area contributed by atoms with Crippen molar-refractivity contribution in [1.82, 2.24) is 0 Å². The smallest absolute Gasteiger partial charge is 0.306 e. The average molecular weight is 292 g/mol. The maximum absolute atomic E-state index is 13.4. The highest BCUT2D eigenvalue weighted by molar-refractivity contribution is 5.53. The van der Waals surface area contributed by atoms with Crippen LogP contribution in [0.4, 0.5) is 15.8 Å². The topological polar surface area (TPSA) is 55.2 Å². The lowest BCUT2D eigenvalue weighted by Crippen LogP contribution is -2.45. The second-order valence-corrected chi connectivity index (χ2v) is 7.42. The molecule has 114 valence electrons. The molecular formula is C16H21FN2O2. The van der Waals surface area contributed by atoms with E-state index in [1.165, 1.54) is 31.4 Å². The largest absolute Gasteiger partial charge is 0.381 e. The summed E-state index contributed by atoms with van der Waals surface area (Å²) >= 11 is 0. The van der Waals surface area contributed by atoms with Crippen LogP contribution >= 0.6 is 0 Å². The Hall–Kier alpha value is -1.65. The van der Waals surface area contributed by atoms with Gasteiger partial charge in [0.1, 0.15) is 0 Å². The van der Waals surface area contributed by atoms with E-state index in [-0.39, 0.29) is 16.9 Å². The molecule has 5 heteroatoms. The molecule has 2 aliphatic carbocycles. The number of nitro benzene ring substituents is 1. The van der Waals surface area contributed by atoms with Gasteiger partial charge in [-0.2, -0.15) is 4.39 Å². The van der Waals surface area contributed by atoms with E-state index in [0.29, 0.717) is 11.6 Å². The van der Waals surface area contributed by atoms with Gasteiger partial charge in [0, 0.05) is 17.8 Å². The standard InChI is InChI=1S/C16H21FN2O2/c1-15(2)10-6-7-16(3,9-10)14(15)18-11-4-5-12(17)13(8-11)19(20)21/h4-5,8,10,14,18H,6-7,9H2,1-3H3/t10-,14?,16+/m0/s1. The molecule has 1 unspecified atom stereocenters. The average Bonchev–Trinajstić information content (AvgIpc) is 2.87. The maximum atomic E-state index is 13.4. The Balaban J connectivity index is 1.90. The van der Waals surface area contributed by atoms with Crippen molar-refractivity contribution in [2.75, 3.05) is 5.32 Å². The van der Waals surface area contributed by atoms with Crippen LogP contribution < -0.4 is 5.32 Å². The number of benzene rings is 1. The van der Waals surface area contributed by atoms with Crippen molar-refractivity contribution in [2.24, 2.45) is 16.7 Å². The van der Waals surface area contributed by atoms with Crippen molar-refractivity contribution in [3.63, 3.8) is 0 Å². The third kappa shape index (κ3) is 2.10. The van der Waals surface area contributed by atoms with E-state index < -0.39 is 16.4 Å². The van der Waals surface area contributed by atoms with Gasteiger partial charge in [-0.25, -0.2) is 0 Å². The molecule has 0 aromatic heterocycles. The Kier molecular flexibility index (Phi) is 3.01. The highest BCUT2D eigenvalue weighted by Crippen LogP contribution is 2.63. The number of nitrogens with zero attached hydrogens (tertiary/aromatic N) is 1. The van der Waals surface area contributed by atoms with Gasteiger partial charge in [0.05, 0.1) is 4.92 Å². The van der Waals surface area contributed by atoms with Gasteiger partial charge in [-0.05, 0) is 48.1 Å². The van der Waals surface area contributed by atoms with Crippen LogP contribution in [0.3, 0.4) is 0 Å². The molecule has 21 heavy (non-hydrogen) atoms. The SMILES string of the molecule is CC1(C)C(Nc2ccc(F)c([N+](=O)[O-])c2)[C@]2(C)CC[C@H]1C2. The Morgan fingerprint density at radius 2 is 2.10 bits per heavy atom. The predicted octanol–water partition coefficient (Wildman–Crippen LogP) is 4.36. The lowest BCUT2D eigenvalue weighted by molar-refractivity contribution is -0.387. The van der Waals surface area contributed by atoms with E-state index in [2.05, 4.69) is 26.1 Å². The summed E-state index contributed by atoms with van der Waals surface area (Å²) < 4.78 is 13.4. The molecule has 2 fully saturated rings. The number of nitro groups is 1. The van der Waals surface area contributed by atoms with E-state index in [1.54, 1.807) is 6.07 Å². The highest BCUT2D eigenvalue weighted by atomic mass is 19.1. The first kappa shape index (κ1) is 14.3. The number of hydrogen-bond acceptors (Lipinski definition) is 3. The number of anilines is 1. The third-order valence-electron chi connectivity index (χ3n) is 5.72. The predicted molar refractivity (Wildman–Crippen MR) is 79.7 cm³/mol. The first-order chi connectivity index (χ1) is 9.74. The van der Waals surface area contributed by atoms with Gasteiger partial charge in [-0.1, -0.05) is 20.8 Å². The molecule has 1 N–H and O–H groups in total. The van der Waals surface area contributed by atoms with Gasteiger partial charge in [0.2, 0.25) is 5.82 Å². The molecule has 3 atom stereocenters. The fourth-order valence-corrected chi connectivity index (χ4v) is 4.57. The van der Waals surface area contributed by atoms with Gasteiger partial charge in [0.25, 0.3) is 0 Å². The van der Waals surface area contributed by atoms with Crippen LogP contribution in [0.15, 0.2) is 18.2 Å². The van der Waals surface area contributed by atoms with E-state index in [4.69, 9.17) is 0 Å². The summed E-state index contributed by atoms with van der Waals surface area (Å²) in [5.74, 6) is -0.0978. The van der Waals surface area contributed by atoms with Gasteiger partial charge in [0.15, 0.2) is 0 Å². The Morgan fingerprint density at radius 1 is 1.38 bits per heavy atom. The zero-order valence-corrected chi connectivity index (χ0v) is 12.6. The highest BCUT2D eigenvalue weighted by Gasteiger charge is 2.59. The zero-order chi connectivity index (χ0) is 15.4. The Morgan fingerprint density at radius 3 is 2.67 bits per heavy atom. The monoisotopic (exact) mass is 292 g/mol. The fourth-order valence-electron chi connectivity index (χ4n) is 4.57. The van der Waals surface area contributed by atoms with Crippen LogP contribution in [-0.2, 0) is 0 Å². The summed E-state index contributed by atoms with van der Waals surface area (Å²) in [5, 5.41) is 14.3. The van der Waals surface area contributed by atoms with Crippen LogP contribution in [0.1, 0.15) is 40.0 Å². The van der Waals surface area contributed by atoms with E-state index in [0.717, 1.165) is 0 Å². The van der Waals surface area contributed by atoms with Gasteiger partial charge in [-0.15, -0.1) is 0 Å². The summed E-state index contributed by atoms with van der Waals surface area (Å²) in [6.45, 7) is 6.81. The first-order valence-corrected chi connectivity index (χ1v) is 7.44. The summed E-state index contributed by atoms with van der Waals surface area (Å²) in [7, 11) is 0. The van der Waals surface area contributed by atoms with Crippen molar-refractivity contribution in [1.29, 1.82) is 0 Å². The summed E-state index contributed by atoms with van der Waals surface area (Å²) in [5.41, 5.74) is 0.536. The number of rotatable bonds is 3. The number of halogens is 1. The summed E-state index contributed by atoms with van der Waals surface area (Å²) in [4.78, 5) is 10.2. The van der Waals surface area contributed by atoms with Crippen molar-refractivity contribution < 1.29 is 9.31 Å². The van der Waals surface area contributed by atoms with Gasteiger partial charge in [-0.3, -0.25) is 10.1 Å². The summed E-state index contributed by atoms with van der Waals surface area (Å²) in [6, 6.07) is 4.33. The fraction of sp³-hybridized carbons (Fsp3) is 0.625. The quantitative estimate of drug-likeness (QED) is 0.665. The molecule has 0 heterocycles. The second-order valence-electron chi connectivity index (χ2n) is 7.42. The lowest BCUT2D eigenvalue weighted by Gasteiger charge is -2.43. The molecular weight excluding hydrogens is 271 g/mol. The minimum absolute atomic E-state index is 0.149. The molecule has 4 nitrogen and oxygen atoms in total. The molecule has 3 rings (SSSR count). The minimum atomic E-state index is -0.788. The van der Waals surface area contributed by atoms with Crippen LogP contribution in [0.5, 0.6) is 0 Å². The van der Waals surface area contributed by atoms with Crippen molar-refractivity contribution in [2.45, 2.75) is 46.1 Å². The summed E-state index contributed by atoms with van der Waals surface area (Å²) in [6.07, 6.45) is 3.63. The molecule has 2 bridgehead atoms. The maximum Gasteiger partial charge on any atom is 0.306 e. The zero-order valence-electron chi connectivity index (χ0n) is 12.6. The van der Waals surface area contributed by atoms with Crippen LogP contribution in [-0.4, -0.2) is 11.0 Å². The minimum Gasteiger partial charge on any atom is -0.381 e. The molecule has 0 spiro atoms. The van der Waals surface area contributed by atoms with Crippen LogP contribution in [0.25, 0.3) is 0 Å². The second kappa shape index (κ2) is 4.42. The molecule has 0 aliphatic heterocycles. The Labute approximate surface area is 123 Å². The van der Waals surface area contributed by atoms with Gasteiger partial charge < -0.3 is 5.32 Å². The van der Waals surface area contributed by atoms with Crippen molar-refractivity contribution >= 4 is 11.4 Å². The Bertz CT molecular complexity index is 597. The van der Waals surface area contributed by atoms with E-state index in [9.17, 15) is 14.5 Å². The number of fused-ring (bicyclic) bond motifs is 2. The van der Waals surface area contributed by atoms with E-state index in [1.807, 2.05) is 0 Å². The van der Waals surface area contributed by atoms with Crippen molar-refractivity contribution in [3.05, 3.63) is 34.1 Å². The van der Waals surface area contributed by atoms with Crippen molar-refractivity contribution in [3.8, 4) is 0 Å². The van der Waals surface area contributed by atoms with Crippen LogP contribution in [0, 0.1) is 32.7 Å². The lowest BCUT2D eigenvalue weighted by atomic mass is 9.68. The molecule has 1 aromatic rings. The van der Waals surface area contributed by atoms with Gasteiger partial charge >= 0.3 is 5.69 Å². The molecule has 2 aliphatic rings. The van der Waals surface area contributed by atoms with Crippen LogP contribution in [0.2, 0.25) is 0 Å². The first-order valence-electron chi connectivity index (χ1n) is 7.44. The molecule has 1 aromatic carbocycles. The number of nitrogens with one attached hydrogen (secondary N) is 1.